The van der Waals surface area contributed by atoms with Crippen molar-refractivity contribution in [2.45, 2.75) is 20.3 Å². The van der Waals surface area contributed by atoms with Crippen LogP contribution in [0.2, 0.25) is 0 Å². The Balaban J connectivity index is 0.000000364. The van der Waals surface area contributed by atoms with Crippen LogP contribution < -0.4 is 5.73 Å². The van der Waals surface area contributed by atoms with Gasteiger partial charge in [0, 0.05) is 13.3 Å². The number of carbonyl (C=O) groups is 1. The van der Waals surface area contributed by atoms with E-state index in [9.17, 15) is 0 Å². The highest BCUT2D eigenvalue weighted by atomic mass is 16.4. The molecule has 1 heterocycles. The van der Waals surface area contributed by atoms with Gasteiger partial charge in [-0.05, 0) is 6.07 Å². The molecule has 3 N–H and O–H groups in total. The summed E-state index contributed by atoms with van der Waals surface area (Å²) in [5.41, 5.74) is 5.45. The van der Waals surface area contributed by atoms with E-state index in [2.05, 4.69) is 10.2 Å². The molecule has 0 atom stereocenters. The van der Waals surface area contributed by atoms with E-state index in [4.69, 9.17) is 15.6 Å². The molecule has 6 nitrogen and oxygen atoms in total. The summed E-state index contributed by atoms with van der Waals surface area (Å²) in [6.45, 7) is 3.03. The Hall–Kier alpha value is -1.85. The summed E-state index contributed by atoms with van der Waals surface area (Å²) in [6, 6.07) is 1.80. The van der Waals surface area contributed by atoms with Crippen LogP contribution in [-0.2, 0) is 4.79 Å². The third kappa shape index (κ3) is 6.84. The quantitative estimate of drug-likeness (QED) is 0.534. The molecule has 6 heteroatoms. The molecule has 78 valence electrons. The molecule has 1 aromatic heterocycles. The Morgan fingerprint density at radius 2 is 2.29 bits per heavy atom. The molecule has 0 saturated carbocycles. The van der Waals surface area contributed by atoms with Crippen LogP contribution in [0.4, 0.5) is 0 Å². The normalized spacial score (nSPS) is 10.3. The molecule has 0 fully saturated rings. The minimum atomic E-state index is -0.833. The summed E-state index contributed by atoms with van der Waals surface area (Å²) >= 11 is 0. The molecule has 0 radical (unpaired) electrons. The largest absolute Gasteiger partial charge is 0.481 e. The van der Waals surface area contributed by atoms with E-state index in [-0.39, 0.29) is 0 Å². The van der Waals surface area contributed by atoms with Crippen molar-refractivity contribution in [2.24, 2.45) is 10.8 Å². The number of nitrogens with two attached hydrogens (primary N) is 1. The first-order valence-corrected chi connectivity index (χ1v) is 4.08. The molecule has 0 bridgehead atoms. The van der Waals surface area contributed by atoms with Gasteiger partial charge in [-0.15, -0.1) is 5.10 Å². The first-order valence-electron chi connectivity index (χ1n) is 4.08. The predicted octanol–water partition coefficient (Wildman–Crippen LogP) is 0.504. The fraction of sp³-hybridized carbons (Fsp3) is 0.375. The van der Waals surface area contributed by atoms with Gasteiger partial charge >= 0.3 is 0 Å². The lowest BCUT2D eigenvalue weighted by Crippen LogP contribution is -2.11. The number of carboxylic acid groups (broad SMARTS) is 1. The molecular formula is C8H14N4O2. The number of carboxylic acids is 1. The first-order chi connectivity index (χ1) is 6.56. The molecular weight excluding hydrogens is 184 g/mol. The van der Waals surface area contributed by atoms with Crippen LogP contribution in [-0.4, -0.2) is 26.8 Å². The fourth-order valence-corrected chi connectivity index (χ4v) is 0.522. The minimum Gasteiger partial charge on any atom is -0.481 e. The number of aliphatic carboxylic acids is 1. The van der Waals surface area contributed by atoms with Gasteiger partial charge in [0.1, 0.15) is 5.84 Å². The van der Waals surface area contributed by atoms with Crippen molar-refractivity contribution in [3.63, 3.8) is 0 Å². The Morgan fingerprint density at radius 1 is 1.71 bits per heavy atom. The smallest absolute Gasteiger partial charge is 0.300 e. The van der Waals surface area contributed by atoms with Gasteiger partial charge < -0.3 is 10.8 Å². The van der Waals surface area contributed by atoms with Gasteiger partial charge in [-0.3, -0.25) is 4.79 Å². The van der Waals surface area contributed by atoms with Crippen LogP contribution >= 0.6 is 0 Å². The lowest BCUT2D eigenvalue weighted by molar-refractivity contribution is -0.134. The second-order valence-corrected chi connectivity index (χ2v) is 2.39. The number of rotatable bonds is 2. The highest BCUT2D eigenvalue weighted by Crippen LogP contribution is 1.84. The topological polar surface area (TPSA) is 93.5 Å². The van der Waals surface area contributed by atoms with E-state index < -0.39 is 5.97 Å². The number of aromatic nitrogens is 2. The van der Waals surface area contributed by atoms with Gasteiger partial charge in [0.2, 0.25) is 0 Å². The van der Waals surface area contributed by atoms with Gasteiger partial charge in [-0.25, -0.2) is 0 Å². The van der Waals surface area contributed by atoms with Crippen molar-refractivity contribution < 1.29 is 9.90 Å². The maximum atomic E-state index is 9.00. The molecule has 1 rings (SSSR count). The third-order valence-electron chi connectivity index (χ3n) is 1.08. The van der Waals surface area contributed by atoms with Crippen LogP contribution in [0.25, 0.3) is 0 Å². The SMILES string of the molecule is CC(=O)O.CCC(N)=Nn1cccn1. The monoisotopic (exact) mass is 198 g/mol. The van der Waals surface area contributed by atoms with E-state index in [0.29, 0.717) is 5.84 Å². The average molecular weight is 198 g/mol. The van der Waals surface area contributed by atoms with Crippen LogP contribution in [0.5, 0.6) is 0 Å². The second kappa shape index (κ2) is 6.64. The van der Waals surface area contributed by atoms with Gasteiger partial charge in [0.25, 0.3) is 5.97 Å². The van der Waals surface area contributed by atoms with Crippen molar-refractivity contribution in [3.8, 4) is 0 Å². The van der Waals surface area contributed by atoms with E-state index in [1.807, 2.05) is 6.92 Å². The second-order valence-electron chi connectivity index (χ2n) is 2.39. The van der Waals surface area contributed by atoms with Gasteiger partial charge in [0.15, 0.2) is 0 Å². The van der Waals surface area contributed by atoms with Crippen LogP contribution in [0.15, 0.2) is 23.6 Å². The summed E-state index contributed by atoms with van der Waals surface area (Å²) in [7, 11) is 0. The van der Waals surface area contributed by atoms with Crippen molar-refractivity contribution in [1.82, 2.24) is 9.89 Å². The molecule has 0 aliphatic rings. The molecule has 1 aromatic rings. The Labute approximate surface area is 82.0 Å². The summed E-state index contributed by atoms with van der Waals surface area (Å²) in [4.78, 5) is 10.4. The van der Waals surface area contributed by atoms with Crippen LogP contribution in [0.3, 0.4) is 0 Å². The number of hydrogen-bond acceptors (Lipinski definition) is 3. The number of amidine groups is 1. The molecule has 0 amide bonds. The van der Waals surface area contributed by atoms with E-state index in [1.165, 1.54) is 4.79 Å². The maximum Gasteiger partial charge on any atom is 0.300 e. The zero-order valence-electron chi connectivity index (χ0n) is 8.21. The van der Waals surface area contributed by atoms with E-state index in [1.54, 1.807) is 18.5 Å². The fourth-order valence-electron chi connectivity index (χ4n) is 0.522. The molecule has 0 aliphatic carbocycles. The zero-order chi connectivity index (χ0) is 11.0. The third-order valence-corrected chi connectivity index (χ3v) is 1.08. The molecule has 0 aliphatic heterocycles. The first kappa shape index (κ1) is 12.2. The highest BCUT2D eigenvalue weighted by molar-refractivity contribution is 5.79. The van der Waals surface area contributed by atoms with E-state index in [0.717, 1.165) is 13.3 Å². The molecule has 0 spiro atoms. The summed E-state index contributed by atoms with van der Waals surface area (Å²) in [5, 5.41) is 15.2. The molecule has 0 aromatic carbocycles. The number of hydrogen-bond donors (Lipinski definition) is 2. The zero-order valence-corrected chi connectivity index (χ0v) is 8.21. The Bertz CT molecular complexity index is 288. The van der Waals surface area contributed by atoms with Crippen LogP contribution in [0, 0.1) is 0 Å². The molecule has 0 unspecified atom stereocenters. The average Bonchev–Trinajstić information content (AvgIpc) is 2.55. The Morgan fingerprint density at radius 3 is 2.64 bits per heavy atom. The number of nitrogens with zero attached hydrogens (tertiary/aromatic N) is 3. The summed E-state index contributed by atoms with van der Waals surface area (Å²) < 4.78 is 0. The predicted molar refractivity (Wildman–Crippen MR) is 52.8 cm³/mol. The minimum absolute atomic E-state index is 0.587. The highest BCUT2D eigenvalue weighted by Gasteiger charge is 1.86. The van der Waals surface area contributed by atoms with Gasteiger partial charge in [-0.2, -0.15) is 9.89 Å². The van der Waals surface area contributed by atoms with Crippen LogP contribution in [0.1, 0.15) is 20.3 Å². The van der Waals surface area contributed by atoms with Gasteiger partial charge in [-0.1, -0.05) is 6.92 Å². The summed E-state index contributed by atoms with van der Waals surface area (Å²) in [5.74, 6) is -0.247. The van der Waals surface area contributed by atoms with Gasteiger partial charge in [0.05, 0.1) is 12.4 Å². The van der Waals surface area contributed by atoms with Crippen molar-refractivity contribution in [1.29, 1.82) is 0 Å². The van der Waals surface area contributed by atoms with Crippen molar-refractivity contribution >= 4 is 11.8 Å². The summed E-state index contributed by atoms with van der Waals surface area (Å²) in [6.07, 6.45) is 4.15. The maximum absolute atomic E-state index is 9.00. The van der Waals surface area contributed by atoms with Crippen molar-refractivity contribution in [3.05, 3.63) is 18.5 Å². The van der Waals surface area contributed by atoms with Crippen molar-refractivity contribution in [2.75, 3.05) is 0 Å². The van der Waals surface area contributed by atoms with E-state index >= 15 is 0 Å². The lowest BCUT2D eigenvalue weighted by Gasteiger charge is -1.93. The lowest BCUT2D eigenvalue weighted by atomic mass is 10.5. The molecule has 14 heavy (non-hydrogen) atoms. The standard InChI is InChI=1S/C6H10N4.C2H4O2/c1-2-6(7)9-10-5-3-4-8-10;1-2(3)4/h3-5H,2H2,1H3,(H2,7,9);1H3,(H,3,4). The Kier molecular flexibility index (Phi) is 5.77. The molecule has 0 saturated heterocycles.